The van der Waals surface area contributed by atoms with Crippen LogP contribution in [0.4, 0.5) is 23.0 Å². The number of carbonyl (C=O) groups is 1. The lowest BCUT2D eigenvalue weighted by Crippen LogP contribution is -2.16. The van der Waals surface area contributed by atoms with Gasteiger partial charge in [-0.05, 0) is 30.3 Å². The van der Waals surface area contributed by atoms with Gasteiger partial charge in [-0.25, -0.2) is 18.4 Å². The minimum Gasteiger partial charge on any atom is -0.497 e. The number of hydrogen-bond donors (Lipinski definition) is 3. The van der Waals surface area contributed by atoms with Gasteiger partial charge in [-0.1, -0.05) is 18.2 Å². The van der Waals surface area contributed by atoms with Crippen LogP contribution in [0.5, 0.6) is 11.5 Å². The smallest absolute Gasteiger partial charge is 0.263 e. The number of anilines is 4. The summed E-state index contributed by atoms with van der Waals surface area (Å²) in [6.07, 6.45) is 0.471. The summed E-state index contributed by atoms with van der Waals surface area (Å²) >= 11 is 0. The number of carbonyl (C=O) groups excluding carboxylic acids is 1. The molecule has 0 fully saturated rings. The molecule has 4 aromatic rings. The molecule has 0 aliphatic heterocycles. The van der Waals surface area contributed by atoms with Crippen LogP contribution in [0.2, 0.25) is 0 Å². The standard InChI is InChI=1S/C23H21N5O5S/c1-32-17-10-16(11-18(13-17)33-2)25-22-23(27-21-9-4-3-8-20(21)26-22)28-34(30,31)19-7-5-6-15(12-19)24-14-29/h3-14H,1-2H3,(H,24,29)(H,25,26)(H,27,28). The van der Waals surface area contributed by atoms with Crippen LogP contribution >= 0.6 is 0 Å². The molecule has 4 rings (SSSR count). The Morgan fingerprint density at radius 2 is 1.44 bits per heavy atom. The molecule has 34 heavy (non-hydrogen) atoms. The highest BCUT2D eigenvalue weighted by Gasteiger charge is 2.20. The number of nitrogens with one attached hydrogen (secondary N) is 3. The highest BCUT2D eigenvalue weighted by atomic mass is 32.2. The molecule has 0 saturated carbocycles. The van der Waals surface area contributed by atoms with Gasteiger partial charge in [-0.15, -0.1) is 0 Å². The summed E-state index contributed by atoms with van der Waals surface area (Å²) in [5.74, 6) is 1.25. The average molecular weight is 480 g/mol. The summed E-state index contributed by atoms with van der Waals surface area (Å²) in [6.45, 7) is 0. The van der Waals surface area contributed by atoms with Crippen LogP contribution in [0, 0.1) is 0 Å². The number of methoxy groups -OCH3 is 2. The quantitative estimate of drug-likeness (QED) is 0.309. The molecule has 10 nitrogen and oxygen atoms in total. The van der Waals surface area contributed by atoms with Crippen molar-refractivity contribution in [3.63, 3.8) is 0 Å². The molecule has 1 heterocycles. The van der Waals surface area contributed by atoms with Gasteiger partial charge in [0.15, 0.2) is 11.6 Å². The number of hydrogen-bond acceptors (Lipinski definition) is 8. The van der Waals surface area contributed by atoms with Gasteiger partial charge >= 0.3 is 0 Å². The van der Waals surface area contributed by atoms with E-state index in [4.69, 9.17) is 9.47 Å². The fourth-order valence-electron chi connectivity index (χ4n) is 3.18. The van der Waals surface area contributed by atoms with Crippen molar-refractivity contribution in [2.45, 2.75) is 4.90 Å². The molecule has 3 aromatic carbocycles. The SMILES string of the molecule is COc1cc(Nc2nc3ccccc3nc2NS(=O)(=O)c2cccc(NC=O)c2)cc(OC)c1. The van der Waals surface area contributed by atoms with Crippen molar-refractivity contribution in [3.05, 3.63) is 66.7 Å². The molecular formula is C23H21N5O5S. The summed E-state index contributed by atoms with van der Waals surface area (Å²) in [6, 6.07) is 18.1. The molecule has 1 amide bonds. The molecule has 3 N–H and O–H groups in total. The molecule has 0 aliphatic rings. The summed E-state index contributed by atoms with van der Waals surface area (Å²) in [7, 11) is -1.00. The fraction of sp³-hybridized carbons (Fsp3) is 0.0870. The van der Waals surface area contributed by atoms with Crippen molar-refractivity contribution in [2.75, 3.05) is 29.6 Å². The topological polar surface area (TPSA) is 132 Å². The first kappa shape index (κ1) is 22.8. The maximum atomic E-state index is 13.1. The zero-order valence-electron chi connectivity index (χ0n) is 18.3. The molecule has 0 bridgehead atoms. The Morgan fingerprint density at radius 3 is 2.06 bits per heavy atom. The Kier molecular flexibility index (Phi) is 6.46. The van der Waals surface area contributed by atoms with Crippen LogP contribution in [0.3, 0.4) is 0 Å². The number of aromatic nitrogens is 2. The molecule has 1 aromatic heterocycles. The van der Waals surface area contributed by atoms with Gasteiger partial charge in [0.2, 0.25) is 6.41 Å². The lowest BCUT2D eigenvalue weighted by Gasteiger charge is -2.15. The molecule has 0 atom stereocenters. The number of sulfonamides is 1. The second-order valence-electron chi connectivity index (χ2n) is 7.03. The largest absolute Gasteiger partial charge is 0.497 e. The van der Waals surface area contributed by atoms with Gasteiger partial charge in [0.1, 0.15) is 11.5 Å². The Labute approximate surface area is 196 Å². The van der Waals surface area contributed by atoms with Crippen molar-refractivity contribution in [3.8, 4) is 11.5 Å². The van der Waals surface area contributed by atoms with E-state index >= 15 is 0 Å². The Bertz CT molecular complexity index is 1440. The lowest BCUT2D eigenvalue weighted by molar-refractivity contribution is -0.105. The molecule has 0 unspecified atom stereocenters. The van der Waals surface area contributed by atoms with E-state index in [9.17, 15) is 13.2 Å². The van der Waals surface area contributed by atoms with Crippen molar-refractivity contribution >= 4 is 50.5 Å². The summed E-state index contributed by atoms with van der Waals surface area (Å²) in [5.41, 5.74) is 1.97. The van der Waals surface area contributed by atoms with E-state index in [1.165, 1.54) is 32.4 Å². The third kappa shape index (κ3) is 4.99. The van der Waals surface area contributed by atoms with Crippen LogP contribution in [-0.2, 0) is 14.8 Å². The van der Waals surface area contributed by atoms with Gasteiger partial charge in [0.05, 0.1) is 30.1 Å². The van der Waals surface area contributed by atoms with Gasteiger partial charge in [0, 0.05) is 29.6 Å². The van der Waals surface area contributed by atoms with Crippen molar-refractivity contribution in [2.24, 2.45) is 0 Å². The van der Waals surface area contributed by atoms with Crippen LogP contribution in [0.15, 0.2) is 71.6 Å². The third-order valence-corrected chi connectivity index (χ3v) is 6.12. The molecule has 0 saturated heterocycles. The average Bonchev–Trinajstić information content (AvgIpc) is 2.84. The number of ether oxygens (including phenoxy) is 2. The van der Waals surface area contributed by atoms with Gasteiger partial charge in [0.25, 0.3) is 10.0 Å². The van der Waals surface area contributed by atoms with E-state index < -0.39 is 10.0 Å². The van der Waals surface area contributed by atoms with E-state index in [1.807, 2.05) is 6.07 Å². The van der Waals surface area contributed by atoms with E-state index in [-0.39, 0.29) is 16.5 Å². The normalized spacial score (nSPS) is 11.0. The lowest BCUT2D eigenvalue weighted by atomic mass is 10.2. The number of nitrogens with zero attached hydrogens (tertiary/aromatic N) is 2. The second-order valence-corrected chi connectivity index (χ2v) is 8.71. The van der Waals surface area contributed by atoms with Crippen LogP contribution in [0.1, 0.15) is 0 Å². The zero-order valence-corrected chi connectivity index (χ0v) is 19.1. The molecule has 0 radical (unpaired) electrons. The van der Waals surface area contributed by atoms with E-state index in [0.717, 1.165) is 0 Å². The Hall–Kier alpha value is -4.38. The summed E-state index contributed by atoms with van der Waals surface area (Å²) in [5, 5.41) is 5.54. The number of fused-ring (bicyclic) bond motifs is 1. The number of amides is 1. The van der Waals surface area contributed by atoms with Crippen molar-refractivity contribution in [1.82, 2.24) is 9.97 Å². The highest BCUT2D eigenvalue weighted by molar-refractivity contribution is 7.92. The van der Waals surface area contributed by atoms with Gasteiger partial charge in [-0.3, -0.25) is 9.52 Å². The van der Waals surface area contributed by atoms with Crippen molar-refractivity contribution < 1.29 is 22.7 Å². The van der Waals surface area contributed by atoms with E-state index in [0.29, 0.717) is 40.3 Å². The number of benzene rings is 3. The van der Waals surface area contributed by atoms with Gasteiger partial charge in [-0.2, -0.15) is 0 Å². The monoisotopic (exact) mass is 479 g/mol. The first-order valence-corrected chi connectivity index (χ1v) is 11.5. The maximum absolute atomic E-state index is 13.1. The minimum atomic E-state index is -4.06. The van der Waals surface area contributed by atoms with Crippen LogP contribution < -0.4 is 24.8 Å². The first-order chi connectivity index (χ1) is 16.4. The van der Waals surface area contributed by atoms with Crippen molar-refractivity contribution in [1.29, 1.82) is 0 Å². The predicted octanol–water partition coefficient (Wildman–Crippen LogP) is 3.76. The highest BCUT2D eigenvalue weighted by Crippen LogP contribution is 2.31. The molecule has 0 spiro atoms. The zero-order chi connectivity index (χ0) is 24.1. The Balaban J connectivity index is 1.77. The van der Waals surface area contributed by atoms with Crippen LogP contribution in [-0.4, -0.2) is 39.0 Å². The maximum Gasteiger partial charge on any atom is 0.263 e. The fourth-order valence-corrected chi connectivity index (χ4v) is 4.24. The molecule has 11 heteroatoms. The number of para-hydroxylation sites is 2. The Morgan fingerprint density at radius 1 is 0.794 bits per heavy atom. The minimum absolute atomic E-state index is 0.00534. The molecular weight excluding hydrogens is 458 g/mol. The summed E-state index contributed by atoms with van der Waals surface area (Å²) < 4.78 is 39.4. The molecule has 0 aliphatic carbocycles. The predicted molar refractivity (Wildman–Crippen MR) is 129 cm³/mol. The van der Waals surface area contributed by atoms with E-state index in [1.54, 1.807) is 42.5 Å². The summed E-state index contributed by atoms with van der Waals surface area (Å²) in [4.78, 5) is 19.7. The molecule has 174 valence electrons. The van der Waals surface area contributed by atoms with E-state index in [2.05, 4.69) is 25.3 Å². The number of rotatable bonds is 9. The first-order valence-electron chi connectivity index (χ1n) is 10.0. The van der Waals surface area contributed by atoms with Gasteiger partial charge < -0.3 is 20.1 Å². The van der Waals surface area contributed by atoms with Crippen LogP contribution in [0.25, 0.3) is 11.0 Å². The second kappa shape index (κ2) is 9.63. The third-order valence-electron chi connectivity index (χ3n) is 4.79.